The van der Waals surface area contributed by atoms with Crippen LogP contribution in [0.3, 0.4) is 0 Å². The highest BCUT2D eigenvalue weighted by atomic mass is 16.5. The Kier molecular flexibility index (Phi) is 5.21. The van der Waals surface area contributed by atoms with Crippen LogP contribution in [0.5, 0.6) is 5.75 Å². The third-order valence-corrected chi connectivity index (χ3v) is 5.76. The predicted octanol–water partition coefficient (Wildman–Crippen LogP) is 3.26. The van der Waals surface area contributed by atoms with Crippen LogP contribution in [0.15, 0.2) is 48.5 Å². The maximum Gasteiger partial charge on any atom is 0.326 e. The number of nitrogens with one attached hydrogen (secondary N) is 1. The number of ether oxygens (including phenoxy) is 2. The molecular weight excluding hydrogens is 396 g/mol. The van der Waals surface area contributed by atoms with E-state index in [9.17, 15) is 14.4 Å². The van der Waals surface area contributed by atoms with E-state index in [-0.39, 0.29) is 12.0 Å². The van der Waals surface area contributed by atoms with Gasteiger partial charge in [-0.05, 0) is 22.6 Å². The molecule has 31 heavy (non-hydrogen) atoms. The molecule has 1 fully saturated rings. The van der Waals surface area contributed by atoms with E-state index in [1.165, 1.54) is 5.56 Å². The Hall–Kier alpha value is -3.35. The summed E-state index contributed by atoms with van der Waals surface area (Å²) < 4.78 is 10.9. The molecule has 1 atom stereocenters. The summed E-state index contributed by atoms with van der Waals surface area (Å²) in [6.45, 7) is 6.33. The first-order chi connectivity index (χ1) is 14.7. The number of para-hydroxylation sites is 1. The molecular formula is C24H26N2O5. The molecule has 4 rings (SSSR count). The summed E-state index contributed by atoms with van der Waals surface area (Å²) in [5.74, 6) is -0.536. The van der Waals surface area contributed by atoms with Crippen LogP contribution in [-0.4, -0.2) is 36.0 Å². The monoisotopic (exact) mass is 422 g/mol. The molecule has 1 N–H and O–H groups in total. The molecule has 2 heterocycles. The number of carbonyl (C=O) groups is 3. The van der Waals surface area contributed by atoms with Gasteiger partial charge in [-0.2, -0.15) is 0 Å². The third kappa shape index (κ3) is 3.87. The van der Waals surface area contributed by atoms with Gasteiger partial charge in [0.25, 0.3) is 5.91 Å². The van der Waals surface area contributed by atoms with Crippen LogP contribution >= 0.6 is 0 Å². The minimum absolute atomic E-state index is 0.0391. The number of imide groups is 1. The molecule has 7 nitrogen and oxygen atoms in total. The minimum Gasteiger partial charge on any atom is -0.493 e. The van der Waals surface area contributed by atoms with Crippen molar-refractivity contribution in [1.29, 1.82) is 0 Å². The van der Waals surface area contributed by atoms with Gasteiger partial charge in [0.15, 0.2) is 5.54 Å². The van der Waals surface area contributed by atoms with Gasteiger partial charge in [0.05, 0.1) is 6.61 Å². The first kappa shape index (κ1) is 20.9. The first-order valence-corrected chi connectivity index (χ1v) is 10.3. The SMILES string of the molecule is CC(C)(C)c1ccc(COC(=O)CN2C(=O)N[C@]3(CCOc4ccccc43)C2=O)cc1. The van der Waals surface area contributed by atoms with Gasteiger partial charge in [0.1, 0.15) is 18.9 Å². The lowest BCUT2D eigenvalue weighted by molar-refractivity contribution is -0.149. The quantitative estimate of drug-likeness (QED) is 0.604. The molecule has 7 heteroatoms. The summed E-state index contributed by atoms with van der Waals surface area (Å²) in [4.78, 5) is 39.0. The molecule has 0 unspecified atom stereocenters. The fourth-order valence-corrected chi connectivity index (χ4v) is 3.96. The van der Waals surface area contributed by atoms with E-state index in [1.54, 1.807) is 18.2 Å². The second kappa shape index (κ2) is 7.72. The van der Waals surface area contributed by atoms with Crippen molar-refractivity contribution in [2.45, 2.75) is 44.8 Å². The maximum absolute atomic E-state index is 13.2. The fraction of sp³-hybridized carbons (Fsp3) is 0.375. The van der Waals surface area contributed by atoms with E-state index < -0.39 is 30.0 Å². The molecule has 2 aromatic rings. The molecule has 0 aliphatic carbocycles. The van der Waals surface area contributed by atoms with Gasteiger partial charge in [-0.3, -0.25) is 14.5 Å². The molecule has 2 aliphatic heterocycles. The Morgan fingerprint density at radius 2 is 1.84 bits per heavy atom. The van der Waals surface area contributed by atoms with Crippen molar-refractivity contribution in [2.75, 3.05) is 13.2 Å². The Morgan fingerprint density at radius 1 is 1.13 bits per heavy atom. The average molecular weight is 422 g/mol. The maximum atomic E-state index is 13.2. The van der Waals surface area contributed by atoms with Gasteiger partial charge in [0.2, 0.25) is 0 Å². The van der Waals surface area contributed by atoms with Gasteiger partial charge in [-0.25, -0.2) is 4.79 Å². The molecule has 2 aliphatic rings. The van der Waals surface area contributed by atoms with Crippen LogP contribution in [0.2, 0.25) is 0 Å². The smallest absolute Gasteiger partial charge is 0.326 e. The number of rotatable bonds is 4. The van der Waals surface area contributed by atoms with Crippen molar-refractivity contribution in [3.8, 4) is 5.75 Å². The zero-order valence-corrected chi connectivity index (χ0v) is 17.9. The van der Waals surface area contributed by atoms with Crippen molar-refractivity contribution in [1.82, 2.24) is 10.2 Å². The number of esters is 1. The fourth-order valence-electron chi connectivity index (χ4n) is 3.96. The standard InChI is InChI=1S/C24H26N2O5/c1-23(2,3)17-10-8-16(9-11-17)15-31-20(27)14-26-21(28)24(25-22(26)29)12-13-30-19-7-5-4-6-18(19)24/h4-11H,12-15H2,1-3H3,(H,25,29)/t24-/m0/s1. The Bertz CT molecular complexity index is 1030. The molecule has 2 aromatic carbocycles. The number of carbonyl (C=O) groups excluding carboxylic acids is 3. The zero-order valence-electron chi connectivity index (χ0n) is 17.9. The van der Waals surface area contributed by atoms with Crippen molar-refractivity contribution in [3.05, 3.63) is 65.2 Å². The summed E-state index contributed by atoms with van der Waals surface area (Å²) in [7, 11) is 0. The Morgan fingerprint density at radius 3 is 2.55 bits per heavy atom. The van der Waals surface area contributed by atoms with Gasteiger partial charge < -0.3 is 14.8 Å². The highest BCUT2D eigenvalue weighted by Crippen LogP contribution is 2.40. The topological polar surface area (TPSA) is 84.9 Å². The molecule has 0 saturated carbocycles. The van der Waals surface area contributed by atoms with E-state index in [0.717, 1.165) is 10.5 Å². The van der Waals surface area contributed by atoms with E-state index in [1.807, 2.05) is 30.3 Å². The predicted molar refractivity (Wildman–Crippen MR) is 113 cm³/mol. The molecule has 1 spiro atoms. The summed E-state index contributed by atoms with van der Waals surface area (Å²) in [5, 5.41) is 2.77. The molecule has 162 valence electrons. The van der Waals surface area contributed by atoms with E-state index in [2.05, 4.69) is 26.1 Å². The van der Waals surface area contributed by atoms with E-state index in [0.29, 0.717) is 24.3 Å². The number of hydrogen-bond donors (Lipinski definition) is 1. The molecule has 0 bridgehead atoms. The lowest BCUT2D eigenvalue weighted by atomic mass is 9.84. The van der Waals surface area contributed by atoms with Gasteiger partial charge in [0, 0.05) is 12.0 Å². The summed E-state index contributed by atoms with van der Waals surface area (Å²) in [6, 6.07) is 14.4. The van der Waals surface area contributed by atoms with Crippen LogP contribution in [0.25, 0.3) is 0 Å². The van der Waals surface area contributed by atoms with Crippen LogP contribution in [0, 0.1) is 0 Å². The number of nitrogens with zero attached hydrogens (tertiary/aromatic N) is 1. The lowest BCUT2D eigenvalue weighted by Crippen LogP contribution is -2.47. The van der Waals surface area contributed by atoms with Crippen LogP contribution in [-0.2, 0) is 31.9 Å². The Labute approximate surface area is 181 Å². The zero-order chi connectivity index (χ0) is 22.2. The van der Waals surface area contributed by atoms with Crippen molar-refractivity contribution in [3.63, 3.8) is 0 Å². The second-order valence-corrected chi connectivity index (χ2v) is 8.93. The molecule has 3 amide bonds. The number of hydrogen-bond acceptors (Lipinski definition) is 5. The normalized spacial score (nSPS) is 20.3. The average Bonchev–Trinajstić information content (AvgIpc) is 2.97. The highest BCUT2D eigenvalue weighted by Gasteiger charge is 2.55. The van der Waals surface area contributed by atoms with Crippen molar-refractivity contribution >= 4 is 17.9 Å². The van der Waals surface area contributed by atoms with Crippen molar-refractivity contribution in [2.24, 2.45) is 0 Å². The van der Waals surface area contributed by atoms with Gasteiger partial charge >= 0.3 is 12.0 Å². The number of benzene rings is 2. The van der Waals surface area contributed by atoms with Gasteiger partial charge in [-0.1, -0.05) is 63.2 Å². The third-order valence-electron chi connectivity index (χ3n) is 5.76. The molecule has 0 aromatic heterocycles. The highest BCUT2D eigenvalue weighted by molar-refractivity contribution is 6.09. The van der Waals surface area contributed by atoms with Crippen LogP contribution < -0.4 is 10.1 Å². The van der Waals surface area contributed by atoms with E-state index >= 15 is 0 Å². The van der Waals surface area contributed by atoms with Gasteiger partial charge in [-0.15, -0.1) is 0 Å². The Balaban J connectivity index is 1.41. The van der Waals surface area contributed by atoms with Crippen molar-refractivity contribution < 1.29 is 23.9 Å². The lowest BCUT2D eigenvalue weighted by Gasteiger charge is -2.33. The number of fused-ring (bicyclic) bond motifs is 2. The number of amides is 3. The van der Waals surface area contributed by atoms with Crippen LogP contribution in [0.4, 0.5) is 4.79 Å². The molecule has 1 saturated heterocycles. The summed E-state index contributed by atoms with van der Waals surface area (Å²) in [6.07, 6.45) is 0.306. The summed E-state index contributed by atoms with van der Waals surface area (Å²) >= 11 is 0. The largest absolute Gasteiger partial charge is 0.493 e. The number of urea groups is 1. The second-order valence-electron chi connectivity index (χ2n) is 8.93. The summed E-state index contributed by atoms with van der Waals surface area (Å²) in [5.41, 5.74) is 1.47. The van der Waals surface area contributed by atoms with E-state index in [4.69, 9.17) is 9.47 Å². The first-order valence-electron chi connectivity index (χ1n) is 10.3. The minimum atomic E-state index is -1.20. The molecule has 0 radical (unpaired) electrons. The van der Waals surface area contributed by atoms with Crippen LogP contribution in [0.1, 0.15) is 43.9 Å².